The number of rotatable bonds is 10. The van der Waals surface area contributed by atoms with Crippen molar-refractivity contribution in [2.24, 2.45) is 0 Å². The van der Waals surface area contributed by atoms with E-state index >= 15 is 0 Å². The zero-order chi connectivity index (χ0) is 32.6. The summed E-state index contributed by atoms with van der Waals surface area (Å²) in [5.41, 5.74) is 0.00187. The first kappa shape index (κ1) is 31.2. The minimum Gasteiger partial charge on any atom is -0.389 e. The number of nitrogens with one attached hydrogen (secondary N) is 3. The number of halogens is 1. The first-order valence-corrected chi connectivity index (χ1v) is 15.1. The van der Waals surface area contributed by atoms with E-state index in [1.807, 2.05) is 19.9 Å². The molecule has 16 heteroatoms. The number of methoxy groups -OCH3 is 1. The van der Waals surface area contributed by atoms with E-state index in [1.54, 1.807) is 31.8 Å². The van der Waals surface area contributed by atoms with Crippen LogP contribution >= 0.6 is 0 Å². The highest BCUT2D eigenvalue weighted by molar-refractivity contribution is 5.88. The van der Waals surface area contributed by atoms with Gasteiger partial charge in [-0.25, -0.2) is 28.7 Å². The van der Waals surface area contributed by atoms with Crippen LogP contribution in [0, 0.1) is 12.7 Å². The lowest BCUT2D eigenvalue weighted by Gasteiger charge is -2.38. The molecule has 0 aromatic carbocycles. The number of amides is 1. The van der Waals surface area contributed by atoms with E-state index < -0.39 is 23.1 Å². The van der Waals surface area contributed by atoms with Crippen molar-refractivity contribution in [3.63, 3.8) is 0 Å². The molecule has 4 N–H and O–H groups in total. The smallest absolute Gasteiger partial charge is 0.252 e. The van der Waals surface area contributed by atoms with Gasteiger partial charge >= 0.3 is 0 Å². The Hall–Kier alpha value is -4.83. The van der Waals surface area contributed by atoms with Gasteiger partial charge in [-0.2, -0.15) is 15.3 Å². The predicted molar refractivity (Wildman–Crippen MR) is 165 cm³/mol. The molecule has 1 aliphatic rings. The maximum Gasteiger partial charge on any atom is 0.252 e. The number of ether oxygens (including phenoxy) is 1. The average Bonchev–Trinajstić information content (AvgIpc) is 3.76. The lowest BCUT2D eigenvalue weighted by molar-refractivity contribution is -0.148. The number of carbonyl (C=O) groups excluding carboxylic acids is 1. The van der Waals surface area contributed by atoms with Crippen LogP contribution in [-0.2, 0) is 16.1 Å². The van der Waals surface area contributed by atoms with E-state index in [-0.39, 0.29) is 18.4 Å². The van der Waals surface area contributed by atoms with Gasteiger partial charge in [-0.05, 0) is 53.4 Å². The maximum atomic E-state index is 13.6. The molecular formula is C30H37FN12O3. The average molecular weight is 633 g/mol. The molecule has 5 aromatic rings. The lowest BCUT2D eigenvalue weighted by atomic mass is 9.77. The number of anilines is 2. The number of aliphatic hydroxyl groups is 1. The van der Waals surface area contributed by atoms with Crippen LogP contribution < -0.4 is 10.6 Å². The van der Waals surface area contributed by atoms with Crippen LogP contribution in [0.25, 0.3) is 16.9 Å². The second kappa shape index (κ2) is 12.2. The van der Waals surface area contributed by atoms with Gasteiger partial charge in [0, 0.05) is 24.8 Å². The van der Waals surface area contributed by atoms with Crippen molar-refractivity contribution < 1.29 is 19.0 Å². The first-order chi connectivity index (χ1) is 21.9. The normalized spacial score (nSPS) is 19.3. The third-order valence-electron chi connectivity index (χ3n) is 8.20. The Morgan fingerprint density at radius 3 is 2.59 bits per heavy atom. The van der Waals surface area contributed by atoms with Crippen LogP contribution in [0.1, 0.15) is 75.6 Å². The molecule has 1 saturated carbocycles. The summed E-state index contributed by atoms with van der Waals surface area (Å²) >= 11 is 0. The number of carbonyl (C=O) groups is 1. The molecule has 0 saturated heterocycles. The molecule has 5 heterocycles. The summed E-state index contributed by atoms with van der Waals surface area (Å²) in [6, 6.07) is 1.43. The zero-order valence-corrected chi connectivity index (χ0v) is 26.3. The number of hydrogen-bond donors (Lipinski definition) is 4. The molecule has 6 rings (SSSR count). The molecule has 1 aliphatic carbocycles. The molecule has 0 bridgehead atoms. The second-order valence-electron chi connectivity index (χ2n) is 12.4. The molecule has 5 aromatic heterocycles. The SMILES string of the molecule is CO[C@]1(C(=O)N[C@@H](C)c2cnc(-n3cc(F)cn3)cn2)CC[C@@H](c2nc(Nc3cc(C)[nH]n3)c3cnn(CC(C)(C)O)c3n2)CC1. The third-order valence-corrected chi connectivity index (χ3v) is 8.20. The molecule has 1 amide bonds. The highest BCUT2D eigenvalue weighted by Gasteiger charge is 2.43. The molecule has 1 fully saturated rings. The number of H-pyrrole nitrogens is 1. The van der Waals surface area contributed by atoms with Gasteiger partial charge in [0.1, 0.15) is 17.2 Å². The summed E-state index contributed by atoms with van der Waals surface area (Å²) in [7, 11) is 1.55. The Labute approximate surface area is 264 Å². The van der Waals surface area contributed by atoms with Crippen LogP contribution in [0.15, 0.2) is 37.1 Å². The molecular weight excluding hydrogens is 595 g/mol. The van der Waals surface area contributed by atoms with E-state index in [2.05, 4.69) is 41.0 Å². The summed E-state index contributed by atoms with van der Waals surface area (Å²) in [6.45, 7) is 7.42. The van der Waals surface area contributed by atoms with Crippen molar-refractivity contribution in [1.29, 1.82) is 0 Å². The minimum absolute atomic E-state index is 0.0459. The number of aromatic nitrogens is 10. The zero-order valence-electron chi connectivity index (χ0n) is 26.3. The fraction of sp³-hybridized carbons (Fsp3) is 0.467. The van der Waals surface area contributed by atoms with Gasteiger partial charge in [0.15, 0.2) is 23.1 Å². The Balaban J connectivity index is 1.18. The summed E-state index contributed by atoms with van der Waals surface area (Å²) in [5.74, 6) is 1.39. The van der Waals surface area contributed by atoms with E-state index in [9.17, 15) is 14.3 Å². The predicted octanol–water partition coefficient (Wildman–Crippen LogP) is 3.41. The molecule has 0 spiro atoms. The summed E-state index contributed by atoms with van der Waals surface area (Å²) in [4.78, 5) is 32.1. The second-order valence-corrected chi connectivity index (χ2v) is 12.4. The number of aromatic amines is 1. The topological polar surface area (TPSA) is 186 Å². The Morgan fingerprint density at radius 2 is 1.98 bits per heavy atom. The summed E-state index contributed by atoms with van der Waals surface area (Å²) in [5, 5.41) is 33.1. The number of nitrogens with zero attached hydrogens (tertiary/aromatic N) is 9. The fourth-order valence-corrected chi connectivity index (χ4v) is 5.70. The molecule has 46 heavy (non-hydrogen) atoms. The number of aryl methyl sites for hydroxylation is 1. The van der Waals surface area contributed by atoms with Crippen LogP contribution in [0.5, 0.6) is 0 Å². The largest absolute Gasteiger partial charge is 0.389 e. The van der Waals surface area contributed by atoms with E-state index in [0.717, 1.165) is 11.9 Å². The quantitative estimate of drug-likeness (QED) is 0.177. The molecule has 15 nitrogen and oxygen atoms in total. The maximum absolute atomic E-state index is 13.6. The van der Waals surface area contributed by atoms with E-state index in [4.69, 9.17) is 14.7 Å². The number of fused-ring (bicyclic) bond motifs is 1. The minimum atomic E-state index is -1.04. The van der Waals surface area contributed by atoms with Gasteiger partial charge in [0.05, 0.1) is 60.3 Å². The van der Waals surface area contributed by atoms with Crippen molar-refractivity contribution in [3.05, 3.63) is 60.1 Å². The highest BCUT2D eigenvalue weighted by atomic mass is 19.1. The van der Waals surface area contributed by atoms with Gasteiger partial charge in [-0.15, -0.1) is 0 Å². The van der Waals surface area contributed by atoms with Crippen molar-refractivity contribution in [2.75, 3.05) is 12.4 Å². The monoisotopic (exact) mass is 632 g/mol. The van der Waals surface area contributed by atoms with Crippen LogP contribution in [-0.4, -0.2) is 79.0 Å². The Kier molecular flexibility index (Phi) is 8.24. The van der Waals surface area contributed by atoms with Crippen molar-refractivity contribution in [3.8, 4) is 5.82 Å². The van der Waals surface area contributed by atoms with Crippen molar-refractivity contribution in [2.45, 2.75) is 83.1 Å². The van der Waals surface area contributed by atoms with Crippen molar-refractivity contribution >= 4 is 28.6 Å². The van der Waals surface area contributed by atoms with Crippen molar-refractivity contribution in [1.82, 2.24) is 55.0 Å². The summed E-state index contributed by atoms with van der Waals surface area (Å²) < 4.78 is 22.2. The Morgan fingerprint density at radius 1 is 1.20 bits per heavy atom. The van der Waals surface area contributed by atoms with Crippen LogP contribution in [0.2, 0.25) is 0 Å². The first-order valence-electron chi connectivity index (χ1n) is 15.1. The fourth-order valence-electron chi connectivity index (χ4n) is 5.70. The van der Waals surface area contributed by atoms with Gasteiger partial charge in [-0.3, -0.25) is 14.9 Å². The van der Waals surface area contributed by atoms with Gasteiger partial charge in [-0.1, -0.05) is 0 Å². The van der Waals surface area contributed by atoms with Gasteiger partial charge in [0.2, 0.25) is 0 Å². The van der Waals surface area contributed by atoms with Gasteiger partial charge in [0.25, 0.3) is 5.91 Å². The third kappa shape index (κ3) is 6.44. The molecule has 242 valence electrons. The van der Waals surface area contributed by atoms with E-state index in [0.29, 0.717) is 65.7 Å². The summed E-state index contributed by atoms with van der Waals surface area (Å²) in [6.07, 6.45) is 9.11. The van der Waals surface area contributed by atoms with Crippen LogP contribution in [0.3, 0.4) is 0 Å². The van der Waals surface area contributed by atoms with E-state index in [1.165, 1.54) is 23.3 Å². The standard InChI is InChI=1S/C30H37FN12O3/c1-17-10-23(41-40-17)37-26-21-12-35-43(16-29(3,4)45)27(21)39-25(38-26)19-6-8-30(46-5,9-7-19)28(44)36-18(2)22-13-33-24(14-32-22)42-15-20(31)11-34-42/h10-15,18-19,45H,6-9,16H2,1-5H3,(H,36,44)(H2,37,38,39,40,41)/t18-,19-,30-/m0/s1. The molecule has 0 aliphatic heterocycles. The highest BCUT2D eigenvalue weighted by Crippen LogP contribution is 2.40. The molecule has 0 radical (unpaired) electrons. The lowest BCUT2D eigenvalue weighted by Crippen LogP contribution is -2.51. The molecule has 0 unspecified atom stereocenters. The number of hydrogen-bond acceptors (Lipinski definition) is 11. The molecule has 1 atom stereocenters. The van der Waals surface area contributed by atoms with Gasteiger partial charge < -0.3 is 20.5 Å². The Bertz CT molecular complexity index is 1830. The van der Waals surface area contributed by atoms with Crippen LogP contribution in [0.4, 0.5) is 16.0 Å².